The number of ether oxygens (including phenoxy) is 1. The molecule has 1 N–H and O–H groups in total. The molecule has 0 saturated carbocycles. The van der Waals surface area contributed by atoms with Crippen LogP contribution in [-0.4, -0.2) is 56.0 Å². The van der Waals surface area contributed by atoms with E-state index in [-0.39, 0.29) is 6.23 Å². The summed E-state index contributed by atoms with van der Waals surface area (Å²) < 4.78 is 34.1. The molecule has 0 bridgehead atoms. The van der Waals surface area contributed by atoms with Crippen molar-refractivity contribution in [3.8, 4) is 0 Å². The summed E-state index contributed by atoms with van der Waals surface area (Å²) in [6.45, 7) is 4.58. The summed E-state index contributed by atoms with van der Waals surface area (Å²) in [7, 11) is -1.91. The highest BCUT2D eigenvalue weighted by Gasteiger charge is 2.25. The molecule has 0 aliphatic carbocycles. The quantitative estimate of drug-likeness (QED) is 0.496. The molecule has 0 spiro atoms. The minimum Gasteiger partial charge on any atom is -0.371 e. The SMILES string of the molecule is Cc1nc2c(Nc3ccc(N4CCC4)cc3N(C)S(C)(=O)=O)cc(Cl)nc2n1C1CCCCO1. The maximum Gasteiger partial charge on any atom is 0.232 e. The number of benzene rings is 1. The summed E-state index contributed by atoms with van der Waals surface area (Å²) in [4.78, 5) is 11.6. The van der Waals surface area contributed by atoms with Gasteiger partial charge in [0.05, 0.1) is 23.3 Å². The fourth-order valence-electron chi connectivity index (χ4n) is 4.49. The third-order valence-electron chi connectivity index (χ3n) is 6.55. The number of aromatic nitrogens is 3. The molecule has 2 saturated heterocycles. The van der Waals surface area contributed by atoms with Crippen LogP contribution >= 0.6 is 11.6 Å². The Labute approximate surface area is 204 Å². The maximum atomic E-state index is 12.4. The summed E-state index contributed by atoms with van der Waals surface area (Å²) in [5.41, 5.74) is 4.16. The molecular formula is C23H29ClN6O3S. The van der Waals surface area contributed by atoms with Crippen LogP contribution in [0.1, 0.15) is 37.7 Å². The number of anilines is 4. The molecule has 3 aromatic rings. The Hall–Kier alpha value is -2.56. The second-order valence-corrected chi connectivity index (χ2v) is 11.3. The number of pyridine rings is 1. The van der Waals surface area contributed by atoms with Gasteiger partial charge in [-0.05, 0) is 50.8 Å². The highest BCUT2D eigenvalue weighted by Crippen LogP contribution is 2.38. The number of hydrogen-bond acceptors (Lipinski definition) is 7. The molecule has 9 nitrogen and oxygen atoms in total. The fraction of sp³-hybridized carbons (Fsp3) is 0.478. The lowest BCUT2D eigenvalue weighted by molar-refractivity contribution is -0.0309. The molecule has 11 heteroatoms. The zero-order chi connectivity index (χ0) is 24.0. The summed E-state index contributed by atoms with van der Waals surface area (Å²) >= 11 is 6.43. The van der Waals surface area contributed by atoms with Gasteiger partial charge in [0.1, 0.15) is 22.7 Å². The van der Waals surface area contributed by atoms with Crippen molar-refractivity contribution in [2.24, 2.45) is 0 Å². The van der Waals surface area contributed by atoms with Crippen LogP contribution in [0.3, 0.4) is 0 Å². The molecule has 4 heterocycles. The minimum absolute atomic E-state index is 0.125. The summed E-state index contributed by atoms with van der Waals surface area (Å²) in [6, 6.07) is 7.53. The van der Waals surface area contributed by atoms with Crippen LogP contribution in [-0.2, 0) is 14.8 Å². The molecule has 1 atom stereocenters. The second-order valence-electron chi connectivity index (χ2n) is 8.91. The van der Waals surface area contributed by atoms with Crippen molar-refractivity contribution in [1.82, 2.24) is 14.5 Å². The van der Waals surface area contributed by atoms with Crippen LogP contribution in [0.2, 0.25) is 5.15 Å². The lowest BCUT2D eigenvalue weighted by Gasteiger charge is -2.34. The number of halogens is 1. The van der Waals surface area contributed by atoms with Crippen molar-refractivity contribution in [3.05, 3.63) is 35.2 Å². The zero-order valence-electron chi connectivity index (χ0n) is 19.6. The standard InChI is InChI=1S/C23H29ClN6O3S/c1-15-25-22-18(14-20(24)27-23(22)30(15)21-7-4-5-12-33-21)26-17-9-8-16(29-10-6-11-29)13-19(17)28(2)34(3,31)32/h8-9,13-14,21H,4-7,10-12H2,1-3H3,(H,26,27). The van der Waals surface area contributed by atoms with E-state index in [2.05, 4.69) is 15.2 Å². The summed E-state index contributed by atoms with van der Waals surface area (Å²) in [6.07, 6.45) is 5.24. The molecule has 2 aliphatic heterocycles. The topological polar surface area (TPSA) is 92.6 Å². The smallest absolute Gasteiger partial charge is 0.232 e. The molecule has 0 radical (unpaired) electrons. The van der Waals surface area contributed by atoms with Crippen LogP contribution in [0, 0.1) is 6.92 Å². The first-order valence-corrected chi connectivity index (χ1v) is 13.7. The first-order valence-electron chi connectivity index (χ1n) is 11.5. The molecule has 182 valence electrons. The first-order chi connectivity index (χ1) is 16.2. The van der Waals surface area contributed by atoms with Crippen molar-refractivity contribution in [2.45, 2.75) is 38.8 Å². The number of fused-ring (bicyclic) bond motifs is 1. The van der Waals surface area contributed by atoms with E-state index in [0.717, 1.165) is 50.3 Å². The van der Waals surface area contributed by atoms with Gasteiger partial charge in [0.15, 0.2) is 5.65 Å². The number of nitrogens with one attached hydrogen (secondary N) is 1. The average molecular weight is 505 g/mol. The van der Waals surface area contributed by atoms with Crippen molar-refractivity contribution >= 4 is 55.5 Å². The van der Waals surface area contributed by atoms with Gasteiger partial charge in [0.25, 0.3) is 0 Å². The van der Waals surface area contributed by atoms with Gasteiger partial charge in [-0.1, -0.05) is 11.6 Å². The highest BCUT2D eigenvalue weighted by atomic mass is 35.5. The second kappa shape index (κ2) is 8.90. The molecule has 2 fully saturated rings. The van der Waals surface area contributed by atoms with Gasteiger partial charge in [0, 0.05) is 38.5 Å². The van der Waals surface area contributed by atoms with Crippen molar-refractivity contribution in [2.75, 3.05) is 47.5 Å². The van der Waals surface area contributed by atoms with Crippen LogP contribution in [0.15, 0.2) is 24.3 Å². The monoisotopic (exact) mass is 504 g/mol. The Morgan fingerprint density at radius 3 is 2.59 bits per heavy atom. The predicted molar refractivity (Wildman–Crippen MR) is 136 cm³/mol. The zero-order valence-corrected chi connectivity index (χ0v) is 21.2. The summed E-state index contributed by atoms with van der Waals surface area (Å²) in [5.74, 6) is 0.793. The van der Waals surface area contributed by atoms with E-state index in [1.54, 1.807) is 13.1 Å². The van der Waals surface area contributed by atoms with E-state index < -0.39 is 10.0 Å². The molecule has 0 amide bonds. The minimum atomic E-state index is -3.47. The number of aryl methyl sites for hydroxylation is 1. The van der Waals surface area contributed by atoms with Crippen LogP contribution in [0.4, 0.5) is 22.7 Å². The Morgan fingerprint density at radius 2 is 1.94 bits per heavy atom. The number of nitrogens with zero attached hydrogens (tertiary/aromatic N) is 5. The van der Waals surface area contributed by atoms with Gasteiger partial charge in [0.2, 0.25) is 10.0 Å². The number of sulfonamides is 1. The van der Waals surface area contributed by atoms with Gasteiger partial charge in [-0.2, -0.15) is 0 Å². The van der Waals surface area contributed by atoms with Crippen LogP contribution in [0.25, 0.3) is 11.2 Å². The van der Waals surface area contributed by atoms with E-state index in [4.69, 9.17) is 21.3 Å². The Morgan fingerprint density at radius 1 is 1.15 bits per heavy atom. The maximum absolute atomic E-state index is 12.4. The molecular weight excluding hydrogens is 476 g/mol. The van der Waals surface area contributed by atoms with Crippen LogP contribution in [0.5, 0.6) is 0 Å². The fourth-order valence-corrected chi connectivity index (χ4v) is 5.19. The lowest BCUT2D eigenvalue weighted by atomic mass is 10.1. The van der Waals surface area contributed by atoms with Gasteiger partial charge < -0.3 is 15.0 Å². The van der Waals surface area contributed by atoms with E-state index in [1.807, 2.05) is 29.7 Å². The lowest BCUT2D eigenvalue weighted by Crippen LogP contribution is -2.37. The van der Waals surface area contributed by atoms with E-state index in [1.165, 1.54) is 10.6 Å². The van der Waals surface area contributed by atoms with Gasteiger partial charge >= 0.3 is 0 Å². The Balaban J connectivity index is 1.59. The van der Waals surface area contributed by atoms with Gasteiger partial charge in [-0.15, -0.1) is 0 Å². The van der Waals surface area contributed by atoms with Crippen molar-refractivity contribution in [1.29, 1.82) is 0 Å². The largest absolute Gasteiger partial charge is 0.371 e. The molecule has 1 aromatic carbocycles. The van der Waals surface area contributed by atoms with Crippen LogP contribution < -0.4 is 14.5 Å². The third-order valence-corrected chi connectivity index (χ3v) is 7.93. The van der Waals surface area contributed by atoms with Gasteiger partial charge in [-0.3, -0.25) is 8.87 Å². The molecule has 2 aromatic heterocycles. The predicted octanol–water partition coefficient (Wildman–Crippen LogP) is 4.44. The number of rotatable bonds is 6. The van der Waals surface area contributed by atoms with E-state index >= 15 is 0 Å². The highest BCUT2D eigenvalue weighted by molar-refractivity contribution is 7.92. The molecule has 5 rings (SSSR count). The molecule has 34 heavy (non-hydrogen) atoms. The Bertz CT molecular complexity index is 1330. The average Bonchev–Trinajstić information content (AvgIpc) is 3.08. The summed E-state index contributed by atoms with van der Waals surface area (Å²) in [5, 5.41) is 3.71. The van der Waals surface area contributed by atoms with E-state index in [0.29, 0.717) is 40.0 Å². The first kappa shape index (κ1) is 23.2. The molecule has 1 unspecified atom stereocenters. The number of imidazole rings is 1. The van der Waals surface area contributed by atoms with Crippen molar-refractivity contribution < 1.29 is 13.2 Å². The Kier molecular flexibility index (Phi) is 6.07. The third kappa shape index (κ3) is 4.30. The van der Waals surface area contributed by atoms with E-state index in [9.17, 15) is 8.42 Å². The van der Waals surface area contributed by atoms with Gasteiger partial charge in [-0.25, -0.2) is 18.4 Å². The molecule has 2 aliphatic rings. The van der Waals surface area contributed by atoms with Crippen molar-refractivity contribution in [3.63, 3.8) is 0 Å². The normalized spacial score (nSPS) is 18.7. The number of hydrogen-bond donors (Lipinski definition) is 1.